The number of hydrogen-bond acceptors (Lipinski definition) is 3. The van der Waals surface area contributed by atoms with Crippen LogP contribution in [0.1, 0.15) is 41.5 Å². The van der Waals surface area contributed by atoms with E-state index in [0.717, 1.165) is 11.3 Å². The van der Waals surface area contributed by atoms with Gasteiger partial charge in [-0.1, -0.05) is 30.3 Å². The van der Waals surface area contributed by atoms with Crippen molar-refractivity contribution < 1.29 is 18.7 Å². The fourth-order valence-corrected chi connectivity index (χ4v) is 4.39. The molecule has 7 heteroatoms. The van der Waals surface area contributed by atoms with Crippen LogP contribution in [0, 0.1) is 5.82 Å². The zero-order valence-electron chi connectivity index (χ0n) is 19.1. The normalized spacial score (nSPS) is 15.3. The molecule has 1 atom stereocenters. The van der Waals surface area contributed by atoms with Crippen molar-refractivity contribution in [3.63, 3.8) is 0 Å². The highest BCUT2D eigenvalue weighted by molar-refractivity contribution is 5.97. The number of methoxy groups -OCH3 is 1. The highest BCUT2D eigenvalue weighted by Gasteiger charge is 2.35. The van der Waals surface area contributed by atoms with Crippen molar-refractivity contribution >= 4 is 11.8 Å². The molecule has 172 valence electrons. The molecule has 4 rings (SSSR count). The van der Waals surface area contributed by atoms with Crippen molar-refractivity contribution in [2.75, 3.05) is 20.2 Å². The van der Waals surface area contributed by atoms with E-state index in [2.05, 4.69) is 4.57 Å². The van der Waals surface area contributed by atoms with Crippen molar-refractivity contribution in [1.29, 1.82) is 0 Å². The molecule has 0 spiro atoms. The number of fused-ring (bicyclic) bond motifs is 1. The van der Waals surface area contributed by atoms with Gasteiger partial charge in [0.2, 0.25) is 5.91 Å². The van der Waals surface area contributed by atoms with Gasteiger partial charge in [0.25, 0.3) is 5.91 Å². The molecular weight excluding hydrogens is 421 g/mol. The Morgan fingerprint density at radius 1 is 1.06 bits per heavy atom. The Bertz CT molecular complexity index is 1160. The Morgan fingerprint density at radius 2 is 1.79 bits per heavy atom. The van der Waals surface area contributed by atoms with E-state index >= 15 is 0 Å². The number of ether oxygens (including phenoxy) is 1. The third-order valence-corrected chi connectivity index (χ3v) is 6.09. The first kappa shape index (κ1) is 22.6. The van der Waals surface area contributed by atoms with Gasteiger partial charge in [0.15, 0.2) is 0 Å². The minimum atomic E-state index is -0.594. The van der Waals surface area contributed by atoms with Crippen molar-refractivity contribution in [2.45, 2.75) is 32.5 Å². The Morgan fingerprint density at radius 3 is 2.52 bits per heavy atom. The van der Waals surface area contributed by atoms with Gasteiger partial charge in [0, 0.05) is 36.6 Å². The molecule has 0 bridgehead atoms. The second-order valence-corrected chi connectivity index (χ2v) is 8.36. The van der Waals surface area contributed by atoms with Crippen LogP contribution in [0.3, 0.4) is 0 Å². The monoisotopic (exact) mass is 449 g/mol. The third-order valence-electron chi connectivity index (χ3n) is 6.09. The number of aromatic nitrogens is 1. The molecule has 0 saturated carbocycles. The molecule has 0 saturated heterocycles. The van der Waals surface area contributed by atoms with E-state index in [4.69, 9.17) is 4.74 Å². The summed E-state index contributed by atoms with van der Waals surface area (Å²) < 4.78 is 22.0. The van der Waals surface area contributed by atoms with Crippen LogP contribution in [-0.2, 0) is 11.3 Å². The van der Waals surface area contributed by atoms with Crippen LogP contribution < -0.4 is 4.74 Å². The fraction of sp³-hybridized carbons (Fsp3) is 0.308. The minimum Gasteiger partial charge on any atom is -0.496 e. The van der Waals surface area contributed by atoms with Crippen LogP contribution in [0.15, 0.2) is 66.9 Å². The van der Waals surface area contributed by atoms with Gasteiger partial charge in [-0.15, -0.1) is 0 Å². The first-order chi connectivity index (χ1) is 15.9. The molecule has 6 nitrogen and oxygen atoms in total. The van der Waals surface area contributed by atoms with Crippen LogP contribution in [-0.4, -0.2) is 52.4 Å². The summed E-state index contributed by atoms with van der Waals surface area (Å²) in [5.74, 6) is -0.594. The first-order valence-corrected chi connectivity index (χ1v) is 11.0. The molecule has 1 aliphatic rings. The number of hydrogen-bond donors (Lipinski definition) is 0. The molecule has 3 aromatic rings. The number of carbonyl (C=O) groups is 2. The zero-order chi connectivity index (χ0) is 23.5. The fourth-order valence-electron chi connectivity index (χ4n) is 4.39. The minimum absolute atomic E-state index is 0.0344. The van der Waals surface area contributed by atoms with E-state index in [1.165, 1.54) is 23.1 Å². The summed E-state index contributed by atoms with van der Waals surface area (Å²) in [7, 11) is 1.61. The largest absolute Gasteiger partial charge is 0.496 e. The summed E-state index contributed by atoms with van der Waals surface area (Å²) in [6.07, 6.45) is 2.00. The number of para-hydroxylation sites is 1. The molecular formula is C26H28FN3O3. The quantitative estimate of drug-likeness (QED) is 0.569. The lowest BCUT2D eigenvalue weighted by molar-refractivity contribution is -0.135. The molecule has 1 unspecified atom stereocenters. The van der Waals surface area contributed by atoms with E-state index in [1.807, 2.05) is 56.4 Å². The zero-order valence-corrected chi connectivity index (χ0v) is 19.1. The summed E-state index contributed by atoms with van der Waals surface area (Å²) in [4.78, 5) is 30.0. The van der Waals surface area contributed by atoms with E-state index < -0.39 is 11.7 Å². The van der Waals surface area contributed by atoms with Gasteiger partial charge < -0.3 is 19.1 Å². The molecule has 0 N–H and O–H groups in total. The number of amides is 2. The van der Waals surface area contributed by atoms with E-state index in [9.17, 15) is 14.0 Å². The van der Waals surface area contributed by atoms with Crippen molar-refractivity contribution in [3.05, 3.63) is 89.5 Å². The smallest absolute Gasteiger partial charge is 0.257 e. The predicted molar refractivity (Wildman–Crippen MR) is 124 cm³/mol. The SMILES string of the molecule is COc1ccccc1C1c2cccn2CCN1C(=O)CN(C(=O)c1ccccc1F)C(C)C. The van der Waals surface area contributed by atoms with E-state index in [1.54, 1.807) is 18.1 Å². The van der Waals surface area contributed by atoms with Crippen molar-refractivity contribution in [1.82, 2.24) is 14.4 Å². The lowest BCUT2D eigenvalue weighted by Gasteiger charge is -2.39. The lowest BCUT2D eigenvalue weighted by Crippen LogP contribution is -2.49. The Kier molecular flexibility index (Phi) is 6.49. The molecule has 1 aliphatic heterocycles. The number of benzene rings is 2. The Labute approximate surface area is 193 Å². The number of nitrogens with zero attached hydrogens (tertiary/aromatic N) is 3. The van der Waals surface area contributed by atoms with Crippen LogP contribution >= 0.6 is 0 Å². The first-order valence-electron chi connectivity index (χ1n) is 11.0. The summed E-state index contributed by atoms with van der Waals surface area (Å²) in [6.45, 7) is 4.65. The van der Waals surface area contributed by atoms with Crippen LogP contribution in [0.25, 0.3) is 0 Å². The van der Waals surface area contributed by atoms with Gasteiger partial charge in [0.05, 0.1) is 12.7 Å². The molecule has 0 fully saturated rings. The summed E-state index contributed by atoms with van der Waals surface area (Å²) in [5, 5.41) is 0. The van der Waals surface area contributed by atoms with Crippen LogP contribution in [0.5, 0.6) is 5.75 Å². The number of halogens is 1. The molecule has 2 aromatic carbocycles. The van der Waals surface area contributed by atoms with Crippen molar-refractivity contribution in [3.8, 4) is 5.75 Å². The maximum absolute atomic E-state index is 14.3. The Hall–Kier alpha value is -3.61. The molecule has 0 aliphatic carbocycles. The highest BCUT2D eigenvalue weighted by Crippen LogP contribution is 2.37. The summed E-state index contributed by atoms with van der Waals surface area (Å²) >= 11 is 0. The van der Waals surface area contributed by atoms with E-state index in [0.29, 0.717) is 18.8 Å². The highest BCUT2D eigenvalue weighted by atomic mass is 19.1. The standard InChI is InChI=1S/C26H28FN3O3/c1-18(2)30(26(32)19-9-4-6-11-21(19)27)17-24(31)29-16-15-28-14-8-12-22(28)25(29)20-10-5-7-13-23(20)33-3/h4-14,18,25H,15-17H2,1-3H3. The van der Waals surface area contributed by atoms with Gasteiger partial charge in [-0.25, -0.2) is 4.39 Å². The predicted octanol–water partition coefficient (Wildman–Crippen LogP) is 4.12. The maximum atomic E-state index is 14.3. The molecule has 33 heavy (non-hydrogen) atoms. The number of rotatable bonds is 6. The van der Waals surface area contributed by atoms with Gasteiger partial charge in [0.1, 0.15) is 24.2 Å². The van der Waals surface area contributed by atoms with Crippen molar-refractivity contribution in [2.24, 2.45) is 0 Å². The van der Waals surface area contributed by atoms with Crippen LogP contribution in [0.4, 0.5) is 4.39 Å². The average molecular weight is 450 g/mol. The topological polar surface area (TPSA) is 54.8 Å². The third kappa shape index (κ3) is 4.35. The lowest BCUT2D eigenvalue weighted by atomic mass is 9.98. The average Bonchev–Trinajstić information content (AvgIpc) is 3.30. The van der Waals surface area contributed by atoms with Gasteiger partial charge in [-0.2, -0.15) is 0 Å². The molecule has 2 amide bonds. The Balaban J connectivity index is 1.67. The van der Waals surface area contributed by atoms with Crippen LogP contribution in [0.2, 0.25) is 0 Å². The van der Waals surface area contributed by atoms with E-state index in [-0.39, 0.29) is 30.1 Å². The van der Waals surface area contributed by atoms with Gasteiger partial charge in [-0.3, -0.25) is 9.59 Å². The summed E-state index contributed by atoms with van der Waals surface area (Å²) in [5.41, 5.74) is 1.83. The van der Waals surface area contributed by atoms with Gasteiger partial charge in [-0.05, 0) is 44.2 Å². The second kappa shape index (κ2) is 9.48. The molecule has 0 radical (unpaired) electrons. The number of carbonyl (C=O) groups excluding carboxylic acids is 2. The molecule has 1 aromatic heterocycles. The second-order valence-electron chi connectivity index (χ2n) is 8.36. The maximum Gasteiger partial charge on any atom is 0.257 e. The molecule has 2 heterocycles. The van der Waals surface area contributed by atoms with Gasteiger partial charge >= 0.3 is 0 Å². The summed E-state index contributed by atoms with van der Waals surface area (Å²) in [6, 6.07) is 16.8.